The van der Waals surface area contributed by atoms with Crippen LogP contribution in [0, 0.1) is 3.57 Å². The quantitative estimate of drug-likeness (QED) is 0.817. The highest BCUT2D eigenvalue weighted by molar-refractivity contribution is 14.1. The Kier molecular flexibility index (Phi) is 1.99. The molecule has 0 unspecified atom stereocenters. The van der Waals surface area contributed by atoms with Gasteiger partial charge >= 0.3 is 5.97 Å². The van der Waals surface area contributed by atoms with Crippen LogP contribution in [0.25, 0.3) is 5.52 Å². The van der Waals surface area contributed by atoms with Crippen LogP contribution in [-0.4, -0.2) is 15.5 Å². The standard InChI is InChI=1S/C9H6INO2/c10-8-6(9(12)13)5-11-4-2-1-3-7(8)11/h1-5H,(H,12,13). The van der Waals surface area contributed by atoms with Crippen LogP contribution in [0.2, 0.25) is 0 Å². The van der Waals surface area contributed by atoms with Crippen molar-refractivity contribution in [1.82, 2.24) is 4.40 Å². The normalized spacial score (nSPS) is 10.5. The summed E-state index contributed by atoms with van der Waals surface area (Å²) in [6, 6.07) is 5.66. The van der Waals surface area contributed by atoms with Crippen molar-refractivity contribution in [2.45, 2.75) is 0 Å². The molecule has 0 aromatic carbocycles. The van der Waals surface area contributed by atoms with E-state index in [9.17, 15) is 4.79 Å². The predicted octanol–water partition coefficient (Wildman–Crippen LogP) is 2.24. The highest BCUT2D eigenvalue weighted by Crippen LogP contribution is 2.20. The maximum absolute atomic E-state index is 10.8. The lowest BCUT2D eigenvalue weighted by atomic mass is 10.3. The number of fused-ring (bicyclic) bond motifs is 1. The Morgan fingerprint density at radius 3 is 2.85 bits per heavy atom. The van der Waals surface area contributed by atoms with Gasteiger partial charge in [-0.15, -0.1) is 0 Å². The van der Waals surface area contributed by atoms with Gasteiger partial charge in [0, 0.05) is 12.4 Å². The minimum atomic E-state index is -0.881. The first kappa shape index (κ1) is 8.55. The summed E-state index contributed by atoms with van der Waals surface area (Å²) >= 11 is 2.05. The van der Waals surface area contributed by atoms with Crippen LogP contribution in [0.4, 0.5) is 0 Å². The molecule has 1 N–H and O–H groups in total. The first-order chi connectivity index (χ1) is 6.20. The molecule has 0 fully saturated rings. The van der Waals surface area contributed by atoms with Crippen LogP contribution in [0.3, 0.4) is 0 Å². The lowest BCUT2D eigenvalue weighted by Gasteiger charge is -1.91. The minimum Gasteiger partial charge on any atom is -0.478 e. The van der Waals surface area contributed by atoms with E-state index in [1.54, 1.807) is 6.20 Å². The number of aromatic carboxylic acids is 1. The van der Waals surface area contributed by atoms with Crippen molar-refractivity contribution in [1.29, 1.82) is 0 Å². The zero-order valence-corrected chi connectivity index (χ0v) is 8.72. The number of hydrogen-bond donors (Lipinski definition) is 1. The molecule has 13 heavy (non-hydrogen) atoms. The van der Waals surface area contributed by atoms with Gasteiger partial charge in [-0.2, -0.15) is 0 Å². The number of nitrogens with zero attached hydrogens (tertiary/aromatic N) is 1. The predicted molar refractivity (Wildman–Crippen MR) is 57.1 cm³/mol. The molecule has 66 valence electrons. The zero-order valence-electron chi connectivity index (χ0n) is 6.57. The fourth-order valence-corrected chi connectivity index (χ4v) is 2.07. The summed E-state index contributed by atoms with van der Waals surface area (Å²) in [5.74, 6) is -0.881. The molecule has 0 saturated heterocycles. The van der Waals surface area contributed by atoms with E-state index in [-0.39, 0.29) is 0 Å². The smallest absolute Gasteiger partial charge is 0.338 e. The topological polar surface area (TPSA) is 41.7 Å². The van der Waals surface area contributed by atoms with E-state index in [1.165, 1.54) is 0 Å². The number of carboxylic acids is 1. The van der Waals surface area contributed by atoms with Gasteiger partial charge in [0.2, 0.25) is 0 Å². The molecule has 0 saturated carbocycles. The first-order valence-corrected chi connectivity index (χ1v) is 4.76. The summed E-state index contributed by atoms with van der Waals surface area (Å²) in [6.45, 7) is 0. The van der Waals surface area contributed by atoms with Crippen molar-refractivity contribution in [2.75, 3.05) is 0 Å². The van der Waals surface area contributed by atoms with Crippen LogP contribution < -0.4 is 0 Å². The van der Waals surface area contributed by atoms with Gasteiger partial charge < -0.3 is 9.51 Å². The fraction of sp³-hybridized carbons (Fsp3) is 0. The molecule has 2 rings (SSSR count). The zero-order chi connectivity index (χ0) is 9.42. The molecule has 0 radical (unpaired) electrons. The Bertz CT molecular complexity index is 475. The highest BCUT2D eigenvalue weighted by atomic mass is 127. The Morgan fingerprint density at radius 1 is 1.46 bits per heavy atom. The fourth-order valence-electron chi connectivity index (χ4n) is 1.24. The number of pyridine rings is 1. The number of carbonyl (C=O) groups is 1. The maximum atomic E-state index is 10.8. The number of rotatable bonds is 1. The molecule has 0 spiro atoms. The van der Waals surface area contributed by atoms with Gasteiger partial charge in [-0.25, -0.2) is 4.79 Å². The molecule has 4 heteroatoms. The maximum Gasteiger partial charge on any atom is 0.338 e. The van der Waals surface area contributed by atoms with E-state index in [2.05, 4.69) is 0 Å². The lowest BCUT2D eigenvalue weighted by molar-refractivity contribution is 0.0696. The summed E-state index contributed by atoms with van der Waals surface area (Å²) in [5, 5.41) is 8.85. The monoisotopic (exact) mass is 287 g/mol. The molecular weight excluding hydrogens is 281 g/mol. The molecule has 0 amide bonds. The van der Waals surface area contributed by atoms with E-state index in [4.69, 9.17) is 5.11 Å². The third-order valence-corrected chi connectivity index (χ3v) is 2.98. The summed E-state index contributed by atoms with van der Waals surface area (Å²) in [5.41, 5.74) is 1.28. The molecule has 0 bridgehead atoms. The number of carboxylic acid groups (broad SMARTS) is 1. The van der Waals surface area contributed by atoms with Gasteiger partial charge in [0.1, 0.15) is 0 Å². The third-order valence-electron chi connectivity index (χ3n) is 1.85. The molecule has 0 aliphatic carbocycles. The van der Waals surface area contributed by atoms with Gasteiger partial charge in [0.05, 0.1) is 14.7 Å². The van der Waals surface area contributed by atoms with Crippen molar-refractivity contribution in [3.05, 3.63) is 39.7 Å². The summed E-state index contributed by atoms with van der Waals surface area (Å²) in [4.78, 5) is 10.8. The second kappa shape index (κ2) is 3.02. The van der Waals surface area contributed by atoms with Crippen molar-refractivity contribution in [3.63, 3.8) is 0 Å². The number of aromatic nitrogens is 1. The van der Waals surface area contributed by atoms with E-state index in [0.29, 0.717) is 5.56 Å². The molecule has 3 nitrogen and oxygen atoms in total. The molecule has 0 atom stereocenters. The van der Waals surface area contributed by atoms with E-state index in [1.807, 2.05) is 51.4 Å². The number of halogens is 1. The van der Waals surface area contributed by atoms with Gasteiger partial charge in [0.15, 0.2) is 0 Å². The third kappa shape index (κ3) is 1.31. The summed E-state index contributed by atoms with van der Waals surface area (Å²) in [7, 11) is 0. The van der Waals surface area contributed by atoms with Crippen LogP contribution in [0.1, 0.15) is 10.4 Å². The van der Waals surface area contributed by atoms with Crippen LogP contribution >= 0.6 is 22.6 Å². The Balaban J connectivity index is 2.81. The molecule has 2 heterocycles. The van der Waals surface area contributed by atoms with Crippen molar-refractivity contribution >= 4 is 34.1 Å². The summed E-state index contributed by atoms with van der Waals surface area (Å²) < 4.78 is 2.59. The van der Waals surface area contributed by atoms with Gasteiger partial charge in [-0.1, -0.05) is 6.07 Å². The molecule has 2 aromatic rings. The summed E-state index contributed by atoms with van der Waals surface area (Å²) in [6.07, 6.45) is 3.46. The second-order valence-electron chi connectivity index (χ2n) is 2.66. The Hall–Kier alpha value is -1.04. The van der Waals surface area contributed by atoms with Crippen LogP contribution in [-0.2, 0) is 0 Å². The average Bonchev–Trinajstić information content (AvgIpc) is 2.45. The molecular formula is C9H6INO2. The van der Waals surface area contributed by atoms with Gasteiger partial charge in [0.25, 0.3) is 0 Å². The lowest BCUT2D eigenvalue weighted by Crippen LogP contribution is -1.95. The van der Waals surface area contributed by atoms with E-state index < -0.39 is 5.97 Å². The molecule has 0 aliphatic heterocycles. The van der Waals surface area contributed by atoms with Gasteiger partial charge in [-0.3, -0.25) is 0 Å². The van der Waals surface area contributed by atoms with Crippen molar-refractivity contribution in [2.24, 2.45) is 0 Å². The van der Waals surface area contributed by atoms with Crippen LogP contribution in [0.15, 0.2) is 30.6 Å². The Morgan fingerprint density at radius 2 is 2.23 bits per heavy atom. The average molecular weight is 287 g/mol. The van der Waals surface area contributed by atoms with E-state index >= 15 is 0 Å². The van der Waals surface area contributed by atoms with E-state index in [0.717, 1.165) is 9.09 Å². The highest BCUT2D eigenvalue weighted by Gasteiger charge is 2.12. The number of hydrogen-bond acceptors (Lipinski definition) is 1. The van der Waals surface area contributed by atoms with Crippen LogP contribution in [0.5, 0.6) is 0 Å². The molecule has 2 aromatic heterocycles. The molecule has 0 aliphatic rings. The second-order valence-corrected chi connectivity index (χ2v) is 3.73. The Labute approximate surface area is 88.1 Å². The van der Waals surface area contributed by atoms with Gasteiger partial charge in [-0.05, 0) is 34.7 Å². The SMILES string of the molecule is O=C(O)c1cn2ccccc2c1I. The van der Waals surface area contributed by atoms with Crippen molar-refractivity contribution < 1.29 is 9.90 Å². The van der Waals surface area contributed by atoms with Crippen molar-refractivity contribution in [3.8, 4) is 0 Å². The minimum absolute atomic E-state index is 0.354. The first-order valence-electron chi connectivity index (χ1n) is 3.68. The largest absolute Gasteiger partial charge is 0.478 e.